The van der Waals surface area contributed by atoms with E-state index in [9.17, 15) is 8.78 Å². The number of halogens is 2. The monoisotopic (exact) mass is 362 g/mol. The van der Waals surface area contributed by atoms with Crippen LogP contribution in [0.25, 0.3) is 16.9 Å². The first-order chi connectivity index (χ1) is 12.5. The second kappa shape index (κ2) is 6.04. The number of anilines is 1. The maximum Gasteiger partial charge on any atom is 0.319 e. The summed E-state index contributed by atoms with van der Waals surface area (Å²) < 4.78 is 39.2. The van der Waals surface area contributed by atoms with Crippen molar-refractivity contribution in [1.29, 1.82) is 0 Å². The molecule has 1 fully saturated rings. The molecule has 4 heterocycles. The largest absolute Gasteiger partial charge is 0.480 e. The van der Waals surface area contributed by atoms with Crippen molar-refractivity contribution in [3.05, 3.63) is 24.7 Å². The van der Waals surface area contributed by atoms with Gasteiger partial charge < -0.3 is 14.4 Å². The molecule has 0 atom stereocenters. The van der Waals surface area contributed by atoms with Gasteiger partial charge in [-0.3, -0.25) is 0 Å². The molecule has 8 nitrogen and oxygen atoms in total. The predicted molar refractivity (Wildman–Crippen MR) is 88.9 cm³/mol. The van der Waals surface area contributed by atoms with Gasteiger partial charge in [-0.15, -0.1) is 0 Å². The molecular formula is C16H16F2N6O2. The minimum atomic E-state index is -2.71. The van der Waals surface area contributed by atoms with Crippen LogP contribution in [0.15, 0.2) is 24.7 Å². The Balaban J connectivity index is 1.85. The van der Waals surface area contributed by atoms with E-state index in [4.69, 9.17) is 9.47 Å². The molecule has 4 rings (SSSR count). The summed E-state index contributed by atoms with van der Waals surface area (Å²) in [5, 5.41) is 4.48. The molecule has 0 amide bonds. The summed E-state index contributed by atoms with van der Waals surface area (Å²) in [6.07, 6.45) is 4.57. The Morgan fingerprint density at radius 2 is 2.04 bits per heavy atom. The lowest BCUT2D eigenvalue weighted by atomic mass is 10.2. The van der Waals surface area contributed by atoms with Crippen molar-refractivity contribution in [3.8, 4) is 23.1 Å². The van der Waals surface area contributed by atoms with E-state index in [0.717, 1.165) is 0 Å². The fourth-order valence-electron chi connectivity index (χ4n) is 2.99. The highest BCUT2D eigenvalue weighted by Crippen LogP contribution is 2.35. The zero-order valence-electron chi connectivity index (χ0n) is 14.2. The van der Waals surface area contributed by atoms with E-state index in [1.165, 1.54) is 20.4 Å². The zero-order valence-corrected chi connectivity index (χ0v) is 14.2. The van der Waals surface area contributed by atoms with E-state index < -0.39 is 5.92 Å². The van der Waals surface area contributed by atoms with E-state index in [1.54, 1.807) is 27.9 Å². The summed E-state index contributed by atoms with van der Waals surface area (Å²) in [6, 6.07) is 1.87. The van der Waals surface area contributed by atoms with Crippen LogP contribution in [0.1, 0.15) is 6.42 Å². The Kier molecular flexibility index (Phi) is 3.82. The van der Waals surface area contributed by atoms with Crippen LogP contribution in [0.3, 0.4) is 0 Å². The van der Waals surface area contributed by atoms with Crippen LogP contribution in [-0.4, -0.2) is 57.8 Å². The van der Waals surface area contributed by atoms with Gasteiger partial charge in [0.2, 0.25) is 5.88 Å². The van der Waals surface area contributed by atoms with Crippen molar-refractivity contribution in [1.82, 2.24) is 24.6 Å². The van der Waals surface area contributed by atoms with Crippen LogP contribution in [0.2, 0.25) is 0 Å². The van der Waals surface area contributed by atoms with Crippen LogP contribution in [0.4, 0.5) is 14.5 Å². The van der Waals surface area contributed by atoms with E-state index in [2.05, 4.69) is 20.1 Å². The van der Waals surface area contributed by atoms with Crippen LogP contribution in [-0.2, 0) is 0 Å². The van der Waals surface area contributed by atoms with Crippen molar-refractivity contribution in [3.63, 3.8) is 0 Å². The molecule has 0 radical (unpaired) electrons. The van der Waals surface area contributed by atoms with Crippen LogP contribution < -0.4 is 14.4 Å². The molecule has 3 aromatic rings. The molecule has 1 saturated heterocycles. The van der Waals surface area contributed by atoms with Crippen molar-refractivity contribution in [2.45, 2.75) is 12.3 Å². The summed E-state index contributed by atoms with van der Waals surface area (Å²) in [4.78, 5) is 14.1. The molecule has 1 aliphatic rings. The van der Waals surface area contributed by atoms with Gasteiger partial charge in [0.05, 0.1) is 32.0 Å². The SMILES string of the molecule is COc1ncc(-c2cc(N3CCC(F)(F)C3)c3nccn3n2)c(OC)n1. The number of fused-ring (bicyclic) bond motifs is 1. The Morgan fingerprint density at radius 1 is 1.19 bits per heavy atom. The zero-order chi connectivity index (χ0) is 18.3. The van der Waals surface area contributed by atoms with E-state index in [0.29, 0.717) is 22.6 Å². The topological polar surface area (TPSA) is 77.7 Å². The molecule has 0 unspecified atom stereocenters. The highest BCUT2D eigenvalue weighted by atomic mass is 19.3. The molecule has 0 saturated carbocycles. The molecule has 136 valence electrons. The number of hydrogen-bond acceptors (Lipinski definition) is 7. The minimum Gasteiger partial charge on any atom is -0.480 e. The first-order valence-electron chi connectivity index (χ1n) is 7.93. The number of rotatable bonds is 4. The summed E-state index contributed by atoms with van der Waals surface area (Å²) in [7, 11) is 2.93. The Bertz CT molecular complexity index is 961. The molecule has 26 heavy (non-hydrogen) atoms. The summed E-state index contributed by atoms with van der Waals surface area (Å²) >= 11 is 0. The van der Waals surface area contributed by atoms with Crippen LogP contribution in [0, 0.1) is 0 Å². The predicted octanol–water partition coefficient (Wildman–Crippen LogP) is 2.05. The average molecular weight is 362 g/mol. The van der Waals surface area contributed by atoms with Gasteiger partial charge in [0.25, 0.3) is 5.92 Å². The molecular weight excluding hydrogens is 346 g/mol. The van der Waals surface area contributed by atoms with Gasteiger partial charge in [-0.25, -0.2) is 23.3 Å². The smallest absolute Gasteiger partial charge is 0.319 e. The molecule has 0 spiro atoms. The third-order valence-corrected chi connectivity index (χ3v) is 4.23. The number of ether oxygens (including phenoxy) is 2. The van der Waals surface area contributed by atoms with Gasteiger partial charge in [-0.1, -0.05) is 0 Å². The number of methoxy groups -OCH3 is 2. The summed E-state index contributed by atoms with van der Waals surface area (Å²) in [6.45, 7) is -0.107. The maximum absolute atomic E-state index is 13.7. The average Bonchev–Trinajstić information content (AvgIpc) is 3.26. The Labute approximate surface area is 147 Å². The molecule has 10 heteroatoms. The number of imidazole rings is 1. The maximum atomic E-state index is 13.7. The highest BCUT2D eigenvalue weighted by Gasteiger charge is 2.39. The van der Waals surface area contributed by atoms with E-state index in [-0.39, 0.29) is 31.4 Å². The molecule has 0 N–H and O–H groups in total. The Hall–Kier alpha value is -3.04. The first-order valence-corrected chi connectivity index (χ1v) is 7.93. The van der Waals surface area contributed by atoms with Gasteiger partial charge in [-0.05, 0) is 6.07 Å². The summed E-state index contributed by atoms with van der Waals surface area (Å²) in [5.74, 6) is -2.44. The minimum absolute atomic E-state index is 0.161. The second-order valence-electron chi connectivity index (χ2n) is 5.92. The fourth-order valence-corrected chi connectivity index (χ4v) is 2.99. The lowest BCUT2D eigenvalue weighted by molar-refractivity contribution is 0.0257. The second-order valence-corrected chi connectivity index (χ2v) is 5.92. The van der Waals surface area contributed by atoms with Gasteiger partial charge in [0.1, 0.15) is 5.69 Å². The molecule has 0 bridgehead atoms. The third-order valence-electron chi connectivity index (χ3n) is 4.23. The molecule has 0 aromatic carbocycles. The number of nitrogens with zero attached hydrogens (tertiary/aromatic N) is 6. The van der Waals surface area contributed by atoms with Crippen LogP contribution in [0.5, 0.6) is 11.9 Å². The molecule has 1 aliphatic heterocycles. The van der Waals surface area contributed by atoms with Gasteiger partial charge >= 0.3 is 6.01 Å². The van der Waals surface area contributed by atoms with E-state index >= 15 is 0 Å². The quantitative estimate of drug-likeness (QED) is 0.703. The van der Waals surface area contributed by atoms with Crippen molar-refractivity contribution >= 4 is 11.3 Å². The van der Waals surface area contributed by atoms with Gasteiger partial charge in [0.15, 0.2) is 5.65 Å². The fraction of sp³-hybridized carbons (Fsp3) is 0.375. The standard InChI is InChI=1S/C16H16F2N6O2/c1-25-14-10(8-20-15(21-14)26-2)11-7-12(13-19-4-6-24(13)22-11)23-5-3-16(17,18)9-23/h4,6-8H,3,5,9H2,1-2H3. The van der Waals surface area contributed by atoms with Crippen molar-refractivity contribution < 1.29 is 18.3 Å². The number of hydrogen-bond donors (Lipinski definition) is 0. The van der Waals surface area contributed by atoms with Gasteiger partial charge in [-0.2, -0.15) is 10.1 Å². The van der Waals surface area contributed by atoms with Crippen molar-refractivity contribution in [2.24, 2.45) is 0 Å². The lowest BCUT2D eigenvalue weighted by Gasteiger charge is -2.19. The summed E-state index contributed by atoms with van der Waals surface area (Å²) in [5.41, 5.74) is 2.10. The van der Waals surface area contributed by atoms with Gasteiger partial charge in [0, 0.05) is 31.6 Å². The normalized spacial score (nSPS) is 16.2. The van der Waals surface area contributed by atoms with Crippen LogP contribution >= 0.6 is 0 Å². The van der Waals surface area contributed by atoms with E-state index in [1.807, 2.05) is 0 Å². The number of aromatic nitrogens is 5. The highest BCUT2D eigenvalue weighted by molar-refractivity contribution is 5.76. The number of alkyl halides is 2. The lowest BCUT2D eigenvalue weighted by Crippen LogP contribution is -2.25. The van der Waals surface area contributed by atoms with Crippen molar-refractivity contribution in [2.75, 3.05) is 32.2 Å². The third kappa shape index (κ3) is 2.76. The Morgan fingerprint density at radius 3 is 2.73 bits per heavy atom. The first kappa shape index (κ1) is 16.4. The molecule has 3 aromatic heterocycles. The molecule has 0 aliphatic carbocycles.